The van der Waals surface area contributed by atoms with Crippen molar-refractivity contribution >= 4 is 29.0 Å². The normalized spacial score (nSPS) is 10.8. The van der Waals surface area contributed by atoms with Gasteiger partial charge in [-0.15, -0.1) is 10.2 Å². The van der Waals surface area contributed by atoms with Crippen molar-refractivity contribution in [2.45, 2.75) is 36.4 Å². The maximum absolute atomic E-state index is 5.44. The van der Waals surface area contributed by atoms with Crippen LogP contribution in [0.25, 0.3) is 0 Å². The number of hydrogen-bond donors (Lipinski definition) is 2. The van der Waals surface area contributed by atoms with Gasteiger partial charge in [0.05, 0.1) is 6.10 Å². The maximum Gasteiger partial charge on any atom is 0.322 e. The number of nitrogen functional groups attached to an aromatic ring is 1. The van der Waals surface area contributed by atoms with E-state index in [1.54, 1.807) is 0 Å². The SMILES string of the molecule is Cc1nnc(Sc2nc(NN)nc(OC(C)C)n2)s1. The summed E-state index contributed by atoms with van der Waals surface area (Å²) in [6.45, 7) is 5.66. The van der Waals surface area contributed by atoms with Gasteiger partial charge in [-0.2, -0.15) is 15.0 Å². The fraction of sp³-hybridized carbons (Fsp3) is 0.444. The first-order valence-electron chi connectivity index (χ1n) is 5.44. The minimum atomic E-state index is -0.0327. The Morgan fingerprint density at radius 1 is 1.26 bits per heavy atom. The molecule has 0 radical (unpaired) electrons. The number of hydrogen-bond acceptors (Lipinski definition) is 10. The summed E-state index contributed by atoms with van der Waals surface area (Å²) in [4.78, 5) is 12.3. The average Bonchev–Trinajstić information content (AvgIpc) is 2.73. The highest BCUT2D eigenvalue weighted by molar-refractivity contribution is 8.00. The van der Waals surface area contributed by atoms with Crippen LogP contribution in [0.1, 0.15) is 18.9 Å². The van der Waals surface area contributed by atoms with Gasteiger partial charge in [0, 0.05) is 0 Å². The van der Waals surface area contributed by atoms with E-state index in [4.69, 9.17) is 10.6 Å². The number of anilines is 1. The summed E-state index contributed by atoms with van der Waals surface area (Å²) >= 11 is 2.75. The Morgan fingerprint density at radius 3 is 2.63 bits per heavy atom. The number of aromatic nitrogens is 5. The van der Waals surface area contributed by atoms with E-state index in [9.17, 15) is 0 Å². The van der Waals surface area contributed by atoms with Crippen molar-refractivity contribution in [3.8, 4) is 6.01 Å². The molecule has 0 saturated carbocycles. The van der Waals surface area contributed by atoms with Crippen LogP contribution in [-0.4, -0.2) is 31.3 Å². The lowest BCUT2D eigenvalue weighted by atomic mass is 10.5. The Balaban J connectivity index is 2.23. The van der Waals surface area contributed by atoms with Gasteiger partial charge in [-0.3, -0.25) is 5.43 Å². The predicted molar refractivity (Wildman–Crippen MR) is 72.2 cm³/mol. The van der Waals surface area contributed by atoms with Crippen LogP contribution in [0.4, 0.5) is 5.95 Å². The minimum Gasteiger partial charge on any atom is -0.461 e. The van der Waals surface area contributed by atoms with Gasteiger partial charge in [-0.05, 0) is 32.5 Å². The lowest BCUT2D eigenvalue weighted by Gasteiger charge is -2.09. The van der Waals surface area contributed by atoms with E-state index in [1.165, 1.54) is 23.1 Å². The number of nitrogens with two attached hydrogens (primary N) is 1. The highest BCUT2D eigenvalue weighted by atomic mass is 32.2. The van der Waals surface area contributed by atoms with Gasteiger partial charge in [-0.1, -0.05) is 11.3 Å². The molecule has 2 heterocycles. The van der Waals surface area contributed by atoms with E-state index in [2.05, 4.69) is 30.6 Å². The van der Waals surface area contributed by atoms with E-state index in [0.717, 1.165) is 9.35 Å². The van der Waals surface area contributed by atoms with Gasteiger partial charge in [0.15, 0.2) is 4.34 Å². The molecule has 0 bridgehead atoms. The van der Waals surface area contributed by atoms with Crippen LogP contribution < -0.4 is 16.0 Å². The number of hydrazine groups is 1. The molecule has 0 fully saturated rings. The molecule has 8 nitrogen and oxygen atoms in total. The summed E-state index contributed by atoms with van der Waals surface area (Å²) in [5.74, 6) is 5.57. The number of nitrogens with zero attached hydrogens (tertiary/aromatic N) is 5. The van der Waals surface area contributed by atoms with Crippen LogP contribution in [0.2, 0.25) is 0 Å². The van der Waals surface area contributed by atoms with Gasteiger partial charge in [-0.25, -0.2) is 5.84 Å². The lowest BCUT2D eigenvalue weighted by Crippen LogP contribution is -2.14. The molecule has 0 amide bonds. The largest absolute Gasteiger partial charge is 0.461 e. The minimum absolute atomic E-state index is 0.0327. The Labute approximate surface area is 118 Å². The molecule has 0 unspecified atom stereocenters. The van der Waals surface area contributed by atoms with E-state index in [0.29, 0.717) is 5.16 Å². The van der Waals surface area contributed by atoms with Crippen LogP contribution in [0.15, 0.2) is 9.50 Å². The van der Waals surface area contributed by atoms with Crippen LogP contribution in [0.3, 0.4) is 0 Å². The maximum atomic E-state index is 5.44. The summed E-state index contributed by atoms with van der Waals surface area (Å²) in [5, 5.41) is 9.26. The molecule has 0 atom stereocenters. The van der Waals surface area contributed by atoms with Gasteiger partial charge in [0.1, 0.15) is 5.01 Å². The zero-order valence-electron chi connectivity index (χ0n) is 10.6. The summed E-state index contributed by atoms with van der Waals surface area (Å²) in [5.41, 5.74) is 2.38. The Morgan fingerprint density at radius 2 is 2.05 bits per heavy atom. The van der Waals surface area contributed by atoms with Crippen molar-refractivity contribution in [1.29, 1.82) is 0 Å². The number of ether oxygens (including phenoxy) is 1. The monoisotopic (exact) mass is 299 g/mol. The van der Waals surface area contributed by atoms with Crippen LogP contribution >= 0.6 is 23.1 Å². The molecule has 3 N–H and O–H groups in total. The zero-order valence-corrected chi connectivity index (χ0v) is 12.2. The van der Waals surface area contributed by atoms with Gasteiger partial charge < -0.3 is 4.74 Å². The first-order chi connectivity index (χ1) is 9.06. The number of aryl methyl sites for hydroxylation is 1. The molecule has 2 aromatic rings. The summed E-state index contributed by atoms with van der Waals surface area (Å²) in [6.07, 6.45) is -0.0327. The van der Waals surface area contributed by atoms with Crippen molar-refractivity contribution < 1.29 is 4.74 Å². The van der Waals surface area contributed by atoms with Gasteiger partial charge >= 0.3 is 6.01 Å². The lowest BCUT2D eigenvalue weighted by molar-refractivity contribution is 0.219. The van der Waals surface area contributed by atoms with Gasteiger partial charge in [0.25, 0.3) is 0 Å². The predicted octanol–water partition coefficient (Wildman–Crippen LogP) is 1.26. The first-order valence-corrected chi connectivity index (χ1v) is 7.07. The van der Waals surface area contributed by atoms with E-state index < -0.39 is 0 Å². The van der Waals surface area contributed by atoms with Crippen molar-refractivity contribution in [2.75, 3.05) is 5.43 Å². The fourth-order valence-electron chi connectivity index (χ4n) is 1.11. The van der Waals surface area contributed by atoms with Crippen molar-refractivity contribution in [1.82, 2.24) is 25.1 Å². The molecule has 0 spiro atoms. The van der Waals surface area contributed by atoms with Crippen molar-refractivity contribution in [3.05, 3.63) is 5.01 Å². The standard InChI is InChI=1S/C9H13N7OS2/c1-4(2)17-7-11-6(14-10)12-8(13-7)19-9-16-15-5(3)18-9/h4H,10H2,1-3H3,(H,11,12,13,14). The van der Waals surface area contributed by atoms with E-state index >= 15 is 0 Å². The zero-order chi connectivity index (χ0) is 13.8. The summed E-state index contributed by atoms with van der Waals surface area (Å²) in [7, 11) is 0. The molecule has 10 heteroatoms. The molecule has 0 saturated heterocycles. The molecule has 0 aliphatic rings. The molecule has 2 aromatic heterocycles. The molecule has 2 rings (SSSR count). The topological polar surface area (TPSA) is 112 Å². The van der Waals surface area contributed by atoms with Crippen LogP contribution in [0, 0.1) is 6.92 Å². The second kappa shape index (κ2) is 6.08. The molecular formula is C9H13N7OS2. The first kappa shape index (κ1) is 13.9. The quantitative estimate of drug-likeness (QED) is 0.622. The van der Waals surface area contributed by atoms with Crippen molar-refractivity contribution in [2.24, 2.45) is 5.84 Å². The highest BCUT2D eigenvalue weighted by Crippen LogP contribution is 2.28. The number of rotatable bonds is 5. The van der Waals surface area contributed by atoms with E-state index in [-0.39, 0.29) is 18.1 Å². The second-order valence-electron chi connectivity index (χ2n) is 3.72. The molecule has 0 aliphatic heterocycles. The van der Waals surface area contributed by atoms with Crippen LogP contribution in [-0.2, 0) is 0 Å². The van der Waals surface area contributed by atoms with Crippen LogP contribution in [0.5, 0.6) is 6.01 Å². The Bertz CT molecular complexity index is 559. The molecule has 102 valence electrons. The summed E-state index contributed by atoms with van der Waals surface area (Å²) < 4.78 is 6.19. The smallest absolute Gasteiger partial charge is 0.322 e. The third-order valence-electron chi connectivity index (χ3n) is 1.75. The highest BCUT2D eigenvalue weighted by Gasteiger charge is 2.12. The average molecular weight is 299 g/mol. The second-order valence-corrected chi connectivity index (χ2v) is 6.12. The number of nitrogens with one attached hydrogen (secondary N) is 1. The third kappa shape index (κ3) is 3.98. The van der Waals surface area contributed by atoms with E-state index in [1.807, 2.05) is 20.8 Å². The summed E-state index contributed by atoms with van der Waals surface area (Å²) in [6, 6.07) is 0.224. The molecule has 19 heavy (non-hydrogen) atoms. The third-order valence-corrected chi connectivity index (χ3v) is 3.51. The van der Waals surface area contributed by atoms with Crippen molar-refractivity contribution in [3.63, 3.8) is 0 Å². The Hall–Kier alpha value is -1.52. The molecule has 0 aliphatic carbocycles. The molecule has 0 aromatic carbocycles. The van der Waals surface area contributed by atoms with Gasteiger partial charge in [0.2, 0.25) is 11.1 Å². The molecular weight excluding hydrogens is 286 g/mol. The fourth-order valence-corrected chi connectivity index (χ4v) is 2.77. The Kier molecular flexibility index (Phi) is 4.45.